The van der Waals surface area contributed by atoms with Gasteiger partial charge in [0.15, 0.2) is 0 Å². The van der Waals surface area contributed by atoms with E-state index in [1.54, 1.807) is 0 Å². The Morgan fingerprint density at radius 1 is 1.14 bits per heavy atom. The van der Waals surface area contributed by atoms with Gasteiger partial charge in [-0.2, -0.15) is 4.98 Å². The number of rotatable bonds is 4. The summed E-state index contributed by atoms with van der Waals surface area (Å²) in [7, 11) is 0. The van der Waals surface area contributed by atoms with E-state index in [4.69, 9.17) is 11.6 Å². The first-order valence-corrected chi connectivity index (χ1v) is 8.14. The first-order chi connectivity index (χ1) is 10.6. The standard InChI is InChI=1S/C17H21ClN4/c1-11-10-16(20-13-6-3-4-7-13)22-17(19-11)21-15-9-5-8-14(18)12(15)2/h5,8-10,13H,3-4,6-7H2,1-2H3,(H2,19,20,21,22). The summed E-state index contributed by atoms with van der Waals surface area (Å²) in [4.78, 5) is 9.06. The molecule has 2 aromatic rings. The third-order valence-corrected chi connectivity index (χ3v) is 4.49. The fraction of sp³-hybridized carbons (Fsp3) is 0.412. The first-order valence-electron chi connectivity index (χ1n) is 7.76. The topological polar surface area (TPSA) is 49.8 Å². The number of halogens is 1. The van der Waals surface area contributed by atoms with Gasteiger partial charge in [-0.3, -0.25) is 0 Å². The number of aromatic nitrogens is 2. The molecule has 1 aliphatic carbocycles. The Bertz CT molecular complexity index is 666. The predicted octanol–water partition coefficient (Wildman–Crippen LogP) is 4.84. The summed E-state index contributed by atoms with van der Waals surface area (Å²) in [6.07, 6.45) is 5.04. The van der Waals surface area contributed by atoms with E-state index < -0.39 is 0 Å². The SMILES string of the molecule is Cc1cc(NC2CCCC2)nc(Nc2cccc(Cl)c2C)n1. The second kappa shape index (κ2) is 6.53. The molecule has 2 N–H and O–H groups in total. The van der Waals surface area contributed by atoms with E-state index in [0.29, 0.717) is 12.0 Å². The second-order valence-corrected chi connectivity index (χ2v) is 6.29. The number of hydrogen-bond acceptors (Lipinski definition) is 4. The summed E-state index contributed by atoms with van der Waals surface area (Å²) in [5, 5.41) is 7.53. The Morgan fingerprint density at radius 3 is 2.68 bits per heavy atom. The maximum atomic E-state index is 6.16. The van der Waals surface area contributed by atoms with Crippen molar-refractivity contribution in [2.24, 2.45) is 0 Å². The molecule has 4 nitrogen and oxygen atoms in total. The third-order valence-electron chi connectivity index (χ3n) is 4.08. The molecule has 1 aromatic heterocycles. The van der Waals surface area contributed by atoms with Gasteiger partial charge in [0.1, 0.15) is 5.82 Å². The molecule has 116 valence electrons. The summed E-state index contributed by atoms with van der Waals surface area (Å²) in [6.45, 7) is 3.97. The highest BCUT2D eigenvalue weighted by Gasteiger charge is 2.15. The molecule has 5 heteroatoms. The smallest absolute Gasteiger partial charge is 0.229 e. The molecule has 0 radical (unpaired) electrons. The molecule has 0 saturated heterocycles. The van der Waals surface area contributed by atoms with Gasteiger partial charge in [-0.15, -0.1) is 0 Å². The lowest BCUT2D eigenvalue weighted by Gasteiger charge is -2.15. The zero-order valence-corrected chi connectivity index (χ0v) is 13.7. The van der Waals surface area contributed by atoms with Crippen LogP contribution >= 0.6 is 11.6 Å². The molecule has 1 aromatic carbocycles. The van der Waals surface area contributed by atoms with Crippen LogP contribution in [0.15, 0.2) is 24.3 Å². The van der Waals surface area contributed by atoms with Crippen LogP contribution in [0.5, 0.6) is 0 Å². The van der Waals surface area contributed by atoms with Crippen molar-refractivity contribution in [3.05, 3.63) is 40.5 Å². The molecule has 3 rings (SSSR count). The molecule has 0 spiro atoms. The molecule has 0 bridgehead atoms. The Balaban J connectivity index is 1.81. The second-order valence-electron chi connectivity index (χ2n) is 5.88. The van der Waals surface area contributed by atoms with Gasteiger partial charge in [0.2, 0.25) is 5.95 Å². The number of aryl methyl sites for hydroxylation is 1. The number of hydrogen-bond donors (Lipinski definition) is 2. The minimum atomic E-state index is 0.537. The average molecular weight is 317 g/mol. The molecule has 0 aliphatic heterocycles. The van der Waals surface area contributed by atoms with Crippen molar-refractivity contribution in [1.29, 1.82) is 0 Å². The summed E-state index contributed by atoms with van der Waals surface area (Å²) in [5.74, 6) is 1.49. The highest BCUT2D eigenvalue weighted by Crippen LogP contribution is 2.26. The maximum Gasteiger partial charge on any atom is 0.229 e. The van der Waals surface area contributed by atoms with Crippen molar-refractivity contribution in [1.82, 2.24) is 9.97 Å². The van der Waals surface area contributed by atoms with Crippen molar-refractivity contribution < 1.29 is 0 Å². The van der Waals surface area contributed by atoms with Crippen molar-refractivity contribution in [2.75, 3.05) is 10.6 Å². The summed E-state index contributed by atoms with van der Waals surface area (Å²) < 4.78 is 0. The third kappa shape index (κ3) is 3.50. The van der Waals surface area contributed by atoms with Crippen molar-refractivity contribution in [2.45, 2.75) is 45.6 Å². The van der Waals surface area contributed by atoms with E-state index in [-0.39, 0.29) is 0 Å². The van der Waals surface area contributed by atoms with Crippen molar-refractivity contribution in [3.63, 3.8) is 0 Å². The quantitative estimate of drug-likeness (QED) is 0.847. The van der Waals surface area contributed by atoms with E-state index in [2.05, 4.69) is 20.6 Å². The van der Waals surface area contributed by atoms with Crippen molar-refractivity contribution in [3.8, 4) is 0 Å². The zero-order chi connectivity index (χ0) is 15.5. The van der Waals surface area contributed by atoms with Crippen LogP contribution in [-0.4, -0.2) is 16.0 Å². The molecule has 1 saturated carbocycles. The lowest BCUT2D eigenvalue weighted by molar-refractivity contribution is 0.749. The lowest BCUT2D eigenvalue weighted by Crippen LogP contribution is -2.16. The van der Waals surface area contributed by atoms with Gasteiger partial charge >= 0.3 is 0 Å². The predicted molar refractivity (Wildman–Crippen MR) is 92.1 cm³/mol. The van der Waals surface area contributed by atoms with Crippen LogP contribution in [0.4, 0.5) is 17.5 Å². The van der Waals surface area contributed by atoms with Crippen LogP contribution in [0.1, 0.15) is 36.9 Å². The molecule has 1 fully saturated rings. The molecule has 0 atom stereocenters. The van der Waals surface area contributed by atoms with E-state index in [0.717, 1.165) is 27.8 Å². The van der Waals surface area contributed by atoms with Crippen LogP contribution in [0.3, 0.4) is 0 Å². The number of nitrogens with zero attached hydrogens (tertiary/aromatic N) is 2. The monoisotopic (exact) mass is 316 g/mol. The Hall–Kier alpha value is -1.81. The van der Waals surface area contributed by atoms with E-state index in [1.165, 1.54) is 25.7 Å². The average Bonchev–Trinajstić information content (AvgIpc) is 2.96. The molecule has 1 aliphatic rings. The summed E-state index contributed by atoms with van der Waals surface area (Å²) >= 11 is 6.16. The molecule has 1 heterocycles. The van der Waals surface area contributed by atoms with Gasteiger partial charge in [-0.1, -0.05) is 30.5 Å². The van der Waals surface area contributed by atoms with Crippen LogP contribution in [-0.2, 0) is 0 Å². The van der Waals surface area contributed by atoms with Gasteiger partial charge in [0.25, 0.3) is 0 Å². The Kier molecular flexibility index (Phi) is 4.48. The van der Waals surface area contributed by atoms with Crippen LogP contribution in [0.25, 0.3) is 0 Å². The molecule has 0 amide bonds. The molecule has 22 heavy (non-hydrogen) atoms. The van der Waals surface area contributed by atoms with Crippen LogP contribution in [0.2, 0.25) is 5.02 Å². The lowest BCUT2D eigenvalue weighted by atomic mass is 10.2. The van der Waals surface area contributed by atoms with Gasteiger partial charge in [0, 0.05) is 28.5 Å². The van der Waals surface area contributed by atoms with Crippen molar-refractivity contribution >= 4 is 29.1 Å². The first kappa shape index (κ1) is 15.1. The van der Waals surface area contributed by atoms with Crippen LogP contribution < -0.4 is 10.6 Å². The van der Waals surface area contributed by atoms with E-state index in [9.17, 15) is 0 Å². The summed E-state index contributed by atoms with van der Waals surface area (Å²) in [5.41, 5.74) is 2.88. The Labute approximate surface area is 136 Å². The molecular formula is C17H21ClN4. The number of anilines is 3. The largest absolute Gasteiger partial charge is 0.367 e. The molecular weight excluding hydrogens is 296 g/mol. The minimum absolute atomic E-state index is 0.537. The summed E-state index contributed by atoms with van der Waals surface area (Å²) in [6, 6.07) is 8.32. The fourth-order valence-corrected chi connectivity index (χ4v) is 3.02. The number of benzene rings is 1. The van der Waals surface area contributed by atoms with Gasteiger partial charge < -0.3 is 10.6 Å². The van der Waals surface area contributed by atoms with Crippen LogP contribution in [0, 0.1) is 13.8 Å². The normalized spacial score (nSPS) is 15.0. The van der Waals surface area contributed by atoms with Gasteiger partial charge in [0.05, 0.1) is 0 Å². The maximum absolute atomic E-state index is 6.16. The van der Waals surface area contributed by atoms with Gasteiger partial charge in [-0.25, -0.2) is 4.98 Å². The van der Waals surface area contributed by atoms with E-state index in [1.807, 2.05) is 38.1 Å². The number of nitrogens with one attached hydrogen (secondary N) is 2. The van der Waals surface area contributed by atoms with Gasteiger partial charge in [-0.05, 0) is 44.4 Å². The Morgan fingerprint density at radius 2 is 1.91 bits per heavy atom. The highest BCUT2D eigenvalue weighted by molar-refractivity contribution is 6.31. The van der Waals surface area contributed by atoms with E-state index >= 15 is 0 Å². The highest BCUT2D eigenvalue weighted by atomic mass is 35.5. The molecule has 0 unspecified atom stereocenters. The zero-order valence-electron chi connectivity index (χ0n) is 13.0. The fourth-order valence-electron chi connectivity index (χ4n) is 2.84. The minimum Gasteiger partial charge on any atom is -0.367 e.